The van der Waals surface area contributed by atoms with Gasteiger partial charge >= 0.3 is 0 Å². The van der Waals surface area contributed by atoms with Crippen LogP contribution in [0.2, 0.25) is 0 Å². The Morgan fingerprint density at radius 1 is 0.457 bits per heavy atom. The van der Waals surface area contributed by atoms with Gasteiger partial charge in [-0.2, -0.15) is 0 Å². The van der Waals surface area contributed by atoms with E-state index in [9.17, 15) is 29.1 Å². The Labute approximate surface area is 554 Å². The van der Waals surface area contributed by atoms with Crippen molar-refractivity contribution in [1.29, 1.82) is 0 Å². The fourth-order valence-electron chi connectivity index (χ4n) is 11.5. The van der Waals surface area contributed by atoms with E-state index in [2.05, 4.69) is 21.3 Å². The molecular formula is C68H115N11O12S. The molecule has 1 saturated heterocycles. The highest BCUT2D eigenvalue weighted by atomic mass is 32.2. The highest BCUT2D eigenvalue weighted by Gasteiger charge is 2.46. The Morgan fingerprint density at radius 2 is 0.880 bits per heavy atom. The number of carbonyl (C=O) groups is 11. The average Bonchev–Trinajstić information content (AvgIpc) is 0.814. The van der Waals surface area contributed by atoms with Crippen LogP contribution in [0.3, 0.4) is 0 Å². The number of likely N-dealkylation sites (N-methyl/N-ethyl adjacent to an activating group) is 7. The van der Waals surface area contributed by atoms with E-state index in [1.54, 1.807) is 84.9 Å². The Bertz CT molecular complexity index is 2690. The van der Waals surface area contributed by atoms with Gasteiger partial charge < -0.3 is 60.7 Å². The number of amides is 11. The molecule has 92 heavy (non-hydrogen) atoms. The van der Waals surface area contributed by atoms with Crippen molar-refractivity contribution in [3.63, 3.8) is 0 Å². The van der Waals surface area contributed by atoms with Crippen LogP contribution < -0.4 is 21.3 Å². The number of thioether (sulfide) groups is 1. The van der Waals surface area contributed by atoms with Crippen LogP contribution in [0.4, 0.5) is 0 Å². The zero-order valence-corrected chi connectivity index (χ0v) is 60.5. The molecule has 23 nitrogen and oxygen atoms in total. The van der Waals surface area contributed by atoms with E-state index in [0.717, 1.165) is 16.7 Å². The van der Waals surface area contributed by atoms with E-state index in [4.69, 9.17) is 0 Å². The lowest BCUT2D eigenvalue weighted by Gasteiger charge is -2.41. The fourth-order valence-corrected chi connectivity index (χ4v) is 12.6. The number of aliphatic hydroxyl groups is 1. The topological polar surface area (TPSA) is 279 Å². The van der Waals surface area contributed by atoms with E-state index < -0.39 is 155 Å². The lowest BCUT2D eigenvalue weighted by Crippen LogP contribution is -2.64. The lowest BCUT2D eigenvalue weighted by molar-refractivity contribution is -0.157. The third-order valence-electron chi connectivity index (χ3n) is 17.2. The Morgan fingerprint density at radius 3 is 1.34 bits per heavy atom. The summed E-state index contributed by atoms with van der Waals surface area (Å²) in [5, 5.41) is 22.1. The molecule has 1 aromatic rings. The summed E-state index contributed by atoms with van der Waals surface area (Å²) in [6, 6.07) is -3.82. The molecule has 0 aromatic heterocycles. The van der Waals surface area contributed by atoms with Crippen molar-refractivity contribution in [2.24, 2.45) is 41.4 Å². The van der Waals surface area contributed by atoms with Crippen LogP contribution in [0.5, 0.6) is 0 Å². The molecule has 0 bridgehead atoms. The second kappa shape index (κ2) is 37.4. The maximum Gasteiger partial charge on any atom is 0.256 e. The molecule has 2 rings (SSSR count). The maximum atomic E-state index is 15.3. The van der Waals surface area contributed by atoms with Gasteiger partial charge in [0.2, 0.25) is 59.1 Å². The SMILES string of the molecule is C/C=C/C[C@@H](C)[C@@H](O)[C@H]1C(=O)N[C@@H](CC)C(=O)N(C)C(Sc2ccccc2)C(=O)N(C)[C@@H](CC(C)C)C(=O)N[C@@H](C(C)C)C(=O)N(C)[C@@H](CC(C)C)C(=O)N[C@@H](C)C(=O)N[C@H](C)C(=O)N(C)[C@@H](CC(C)C)C(=O)N(C)[C@@H](CC(C)C)C(=O)N(C)[C@@H](C(C)C)C(=O)N1C. The van der Waals surface area contributed by atoms with Crippen LogP contribution in [-0.4, -0.2) is 226 Å². The first kappa shape index (κ1) is 81.5. The third kappa shape index (κ3) is 22.3. The number of benzene rings is 1. The van der Waals surface area contributed by atoms with Crippen LogP contribution in [0, 0.1) is 41.4 Å². The predicted molar refractivity (Wildman–Crippen MR) is 360 cm³/mol. The lowest BCUT2D eigenvalue weighted by atomic mass is 9.91. The van der Waals surface area contributed by atoms with E-state index in [0.29, 0.717) is 11.3 Å². The van der Waals surface area contributed by atoms with Crippen LogP contribution in [0.1, 0.15) is 156 Å². The number of allylic oxidation sites excluding steroid dienone is 2. The first-order valence-electron chi connectivity index (χ1n) is 32.8. The minimum absolute atomic E-state index is 0.0161. The molecule has 5 N–H and O–H groups in total. The summed E-state index contributed by atoms with van der Waals surface area (Å²) in [6.07, 6.45) is 2.90. The van der Waals surface area contributed by atoms with Crippen molar-refractivity contribution in [1.82, 2.24) is 55.6 Å². The maximum absolute atomic E-state index is 15.3. The summed E-state index contributed by atoms with van der Waals surface area (Å²) in [7, 11) is 10.0. The summed E-state index contributed by atoms with van der Waals surface area (Å²) >= 11 is 1.04. The zero-order valence-electron chi connectivity index (χ0n) is 59.7. The van der Waals surface area contributed by atoms with E-state index in [1.807, 2.05) is 61.5 Å². The molecule has 1 unspecified atom stereocenters. The summed E-state index contributed by atoms with van der Waals surface area (Å²) < 4.78 is 0. The van der Waals surface area contributed by atoms with Crippen molar-refractivity contribution in [3.05, 3.63) is 42.5 Å². The summed E-state index contributed by atoms with van der Waals surface area (Å²) in [6.45, 7) is 29.9. The van der Waals surface area contributed by atoms with E-state index in [1.165, 1.54) is 92.6 Å². The second-order valence-corrected chi connectivity index (χ2v) is 28.7. The smallest absolute Gasteiger partial charge is 0.256 e. The standard InChI is InChI=1S/C68H115N11O12S/c1-25-27-31-44(15)56(80)55-60(84)71-48(26-2)62(86)79(24)68(92-47-32-29-28-30-33-47)67(91)74(19)50(35-39(5)6)59(83)72-53(42(11)12)65(89)73(18)49(34-38(3)4)58(82)69-45(16)57(81)70-46(17)61(85)75(20)51(36-40(7)8)63(87)76(21)52(37-41(9)10)64(88)77(22)54(43(13)14)66(90)78(55)23/h25,27-30,32-33,38-46,48-56,68,80H,26,31,34-37H2,1-24H3,(H,69,82)(H,70,81)(H,71,84)(H,72,83)/b27-25+/t44-,45+,46-,48+,49+,50+,51+,52+,53+,54+,55+,56-,68?/m1/s1. The number of nitrogens with zero attached hydrogens (tertiary/aromatic N) is 7. The molecule has 11 amide bonds. The van der Waals surface area contributed by atoms with Crippen LogP contribution in [-0.2, 0) is 52.7 Å². The van der Waals surface area contributed by atoms with Gasteiger partial charge in [-0.25, -0.2) is 0 Å². The molecule has 13 atom stereocenters. The molecular weight excluding hydrogens is 1190 g/mol. The number of hydrogen-bond donors (Lipinski definition) is 5. The summed E-state index contributed by atoms with van der Waals surface area (Å²) in [4.78, 5) is 173. The normalized spacial score (nSPS) is 26.5. The van der Waals surface area contributed by atoms with Gasteiger partial charge in [0.1, 0.15) is 60.4 Å². The monoisotopic (exact) mass is 1310 g/mol. The molecule has 1 aliphatic heterocycles. The van der Waals surface area contributed by atoms with E-state index >= 15 is 28.8 Å². The van der Waals surface area contributed by atoms with Gasteiger partial charge in [-0.15, -0.1) is 0 Å². The Kier molecular flexibility index (Phi) is 33.1. The fraction of sp³-hybridized carbons (Fsp3) is 0.721. The van der Waals surface area contributed by atoms with Crippen molar-refractivity contribution >= 4 is 76.7 Å². The molecule has 1 fully saturated rings. The number of nitrogens with one attached hydrogen (secondary N) is 4. The highest BCUT2D eigenvalue weighted by molar-refractivity contribution is 8.00. The molecule has 520 valence electrons. The summed E-state index contributed by atoms with van der Waals surface area (Å²) in [5.41, 5.74) is 0. The Balaban J connectivity index is 3.12. The number of aliphatic hydroxyl groups excluding tert-OH is 1. The number of carbonyl (C=O) groups excluding carboxylic acids is 11. The Hall–Kier alpha value is -6.56. The third-order valence-corrected chi connectivity index (χ3v) is 18.5. The first-order valence-corrected chi connectivity index (χ1v) is 33.7. The first-order chi connectivity index (χ1) is 42.7. The number of rotatable bonds is 17. The molecule has 0 aliphatic carbocycles. The molecule has 0 spiro atoms. The van der Waals surface area contributed by atoms with Gasteiger partial charge in [-0.3, -0.25) is 52.7 Å². The van der Waals surface area contributed by atoms with Crippen molar-refractivity contribution in [2.45, 2.75) is 233 Å². The van der Waals surface area contributed by atoms with Gasteiger partial charge in [-0.1, -0.05) is 139 Å². The number of hydrogen-bond acceptors (Lipinski definition) is 13. The second-order valence-electron chi connectivity index (χ2n) is 27.6. The van der Waals surface area contributed by atoms with Crippen LogP contribution in [0.15, 0.2) is 47.4 Å². The van der Waals surface area contributed by atoms with Gasteiger partial charge in [0.05, 0.1) is 6.10 Å². The molecule has 1 aromatic carbocycles. The van der Waals surface area contributed by atoms with Gasteiger partial charge in [0, 0.05) is 54.2 Å². The van der Waals surface area contributed by atoms with E-state index in [-0.39, 0.29) is 55.8 Å². The van der Waals surface area contributed by atoms with Crippen LogP contribution in [0.25, 0.3) is 0 Å². The molecule has 24 heteroatoms. The average molecular weight is 1310 g/mol. The van der Waals surface area contributed by atoms with Gasteiger partial charge in [0.15, 0.2) is 5.37 Å². The quantitative estimate of drug-likeness (QED) is 0.123. The van der Waals surface area contributed by atoms with Crippen LogP contribution >= 0.6 is 11.8 Å². The minimum atomic E-state index is -1.65. The molecule has 0 radical (unpaired) electrons. The zero-order chi connectivity index (χ0) is 70.7. The predicted octanol–water partition coefficient (Wildman–Crippen LogP) is 5.39. The summed E-state index contributed by atoms with van der Waals surface area (Å²) in [5.74, 6) is -10.0. The largest absolute Gasteiger partial charge is 0.390 e. The van der Waals surface area contributed by atoms with Gasteiger partial charge in [-0.05, 0) is 113 Å². The molecule has 1 aliphatic rings. The highest BCUT2D eigenvalue weighted by Crippen LogP contribution is 2.30. The van der Waals surface area contributed by atoms with Crippen molar-refractivity contribution < 1.29 is 57.8 Å². The van der Waals surface area contributed by atoms with Crippen molar-refractivity contribution in [2.75, 3.05) is 49.3 Å². The van der Waals surface area contributed by atoms with Gasteiger partial charge in [0.25, 0.3) is 5.91 Å². The molecule has 1 heterocycles. The minimum Gasteiger partial charge on any atom is -0.390 e. The van der Waals surface area contributed by atoms with Crippen molar-refractivity contribution in [3.8, 4) is 0 Å². The molecule has 0 saturated carbocycles.